The summed E-state index contributed by atoms with van der Waals surface area (Å²) in [6.07, 6.45) is 0.512. The van der Waals surface area contributed by atoms with Gasteiger partial charge in [-0.15, -0.1) is 0 Å². The van der Waals surface area contributed by atoms with Gasteiger partial charge in [0.2, 0.25) is 0 Å². The Morgan fingerprint density at radius 2 is 1.63 bits per heavy atom. The van der Waals surface area contributed by atoms with Gasteiger partial charge in [-0.05, 0) is 43.7 Å². The van der Waals surface area contributed by atoms with E-state index in [2.05, 4.69) is 10.1 Å². The Balaban J connectivity index is 1.95. The van der Waals surface area contributed by atoms with Crippen LogP contribution in [0.15, 0.2) is 48.5 Å². The Labute approximate surface area is 157 Å². The number of carbonyl (C=O) groups is 1. The molecule has 146 valence electrons. The van der Waals surface area contributed by atoms with Crippen LogP contribution in [0, 0.1) is 0 Å². The molecule has 0 spiro atoms. The minimum absolute atomic E-state index is 0.0482. The molecule has 1 atom stereocenters. The molecule has 0 aliphatic heterocycles. The highest BCUT2D eigenvalue weighted by molar-refractivity contribution is 5.78. The molecule has 1 unspecified atom stereocenters. The number of carbonyl (C=O) groups excluding carboxylic acids is 1. The number of benzene rings is 2. The first-order valence-electron chi connectivity index (χ1n) is 8.72. The van der Waals surface area contributed by atoms with Gasteiger partial charge in [0.05, 0.1) is 12.6 Å². The van der Waals surface area contributed by atoms with Gasteiger partial charge in [-0.2, -0.15) is 8.78 Å². The molecule has 2 rings (SSSR count). The lowest BCUT2D eigenvalue weighted by Gasteiger charge is -2.20. The minimum atomic E-state index is -2.93. The number of rotatable bonds is 10. The summed E-state index contributed by atoms with van der Waals surface area (Å²) in [5.74, 6) is 0.939. The molecule has 5 nitrogen and oxygen atoms in total. The molecule has 0 bridgehead atoms. The first-order chi connectivity index (χ1) is 13.0. The Kier molecular flexibility index (Phi) is 7.85. The van der Waals surface area contributed by atoms with Gasteiger partial charge in [0.1, 0.15) is 17.2 Å². The second-order valence-corrected chi connectivity index (χ2v) is 5.64. The van der Waals surface area contributed by atoms with Gasteiger partial charge < -0.3 is 19.5 Å². The van der Waals surface area contributed by atoms with Crippen molar-refractivity contribution in [3.05, 3.63) is 54.1 Å². The van der Waals surface area contributed by atoms with E-state index in [9.17, 15) is 13.6 Å². The molecule has 0 saturated carbocycles. The van der Waals surface area contributed by atoms with Gasteiger partial charge in [-0.3, -0.25) is 4.79 Å². The predicted octanol–water partition coefficient (Wildman–Crippen LogP) is 4.33. The second-order valence-electron chi connectivity index (χ2n) is 5.64. The molecule has 0 aliphatic carbocycles. The van der Waals surface area contributed by atoms with E-state index >= 15 is 0 Å². The number of hydrogen-bond donors (Lipinski definition) is 1. The predicted molar refractivity (Wildman–Crippen MR) is 97.4 cm³/mol. The Morgan fingerprint density at radius 1 is 1.00 bits per heavy atom. The maximum absolute atomic E-state index is 12.6. The first kappa shape index (κ1) is 20.5. The van der Waals surface area contributed by atoms with Crippen molar-refractivity contribution in [1.29, 1.82) is 0 Å². The molecule has 2 aromatic carbocycles. The summed E-state index contributed by atoms with van der Waals surface area (Å²) in [6.45, 7) is 1.18. The van der Waals surface area contributed by atoms with Gasteiger partial charge in [0, 0.05) is 5.56 Å². The Bertz CT molecular complexity index is 722. The summed E-state index contributed by atoms with van der Waals surface area (Å²) in [5.41, 5.74) is 0.495. The highest BCUT2D eigenvalue weighted by Gasteiger charge is 2.19. The lowest BCUT2D eigenvalue weighted by Crippen LogP contribution is -2.32. The van der Waals surface area contributed by atoms with Crippen LogP contribution in [-0.4, -0.2) is 25.7 Å². The van der Waals surface area contributed by atoms with Crippen LogP contribution in [0.5, 0.6) is 17.2 Å². The molecule has 0 heterocycles. The maximum Gasteiger partial charge on any atom is 0.387 e. The number of amides is 1. The fourth-order valence-electron chi connectivity index (χ4n) is 2.56. The van der Waals surface area contributed by atoms with Gasteiger partial charge in [-0.1, -0.05) is 25.1 Å². The summed E-state index contributed by atoms with van der Waals surface area (Å²) in [4.78, 5) is 12.2. The van der Waals surface area contributed by atoms with Gasteiger partial charge in [0.25, 0.3) is 5.91 Å². The van der Waals surface area contributed by atoms with E-state index in [4.69, 9.17) is 9.47 Å². The van der Waals surface area contributed by atoms with Crippen LogP contribution in [0.2, 0.25) is 0 Å². The number of alkyl halides is 2. The molecule has 0 aromatic heterocycles. The van der Waals surface area contributed by atoms with Crippen molar-refractivity contribution >= 4 is 5.91 Å². The van der Waals surface area contributed by atoms with Crippen molar-refractivity contribution in [3.63, 3.8) is 0 Å². The molecular weight excluding hydrogens is 356 g/mol. The highest BCUT2D eigenvalue weighted by atomic mass is 19.3. The van der Waals surface area contributed by atoms with Crippen molar-refractivity contribution < 1.29 is 27.8 Å². The van der Waals surface area contributed by atoms with E-state index in [1.54, 1.807) is 42.5 Å². The zero-order valence-electron chi connectivity index (χ0n) is 15.3. The number of ether oxygens (including phenoxy) is 3. The zero-order chi connectivity index (χ0) is 19.6. The molecule has 27 heavy (non-hydrogen) atoms. The monoisotopic (exact) mass is 379 g/mol. The smallest absolute Gasteiger partial charge is 0.387 e. The summed E-state index contributed by atoms with van der Waals surface area (Å²) >= 11 is 0. The number of hydrogen-bond acceptors (Lipinski definition) is 4. The SMILES string of the molecule is CCOc1ccc(OCC(=O)NC(CC)c2ccccc2OC(F)F)cc1. The minimum Gasteiger partial charge on any atom is -0.494 e. The van der Waals surface area contributed by atoms with Crippen LogP contribution in [0.3, 0.4) is 0 Å². The van der Waals surface area contributed by atoms with Crippen molar-refractivity contribution in [2.24, 2.45) is 0 Å². The maximum atomic E-state index is 12.6. The first-order valence-corrected chi connectivity index (χ1v) is 8.72. The standard InChI is InChI=1S/C20H23F2NO4/c1-3-17(16-7-5-6-8-18(16)27-20(21)22)23-19(24)13-26-15-11-9-14(10-12-15)25-4-2/h5-12,17,20H,3-4,13H2,1-2H3,(H,23,24). The van der Waals surface area contributed by atoms with E-state index in [1.165, 1.54) is 6.07 Å². The highest BCUT2D eigenvalue weighted by Crippen LogP contribution is 2.28. The van der Waals surface area contributed by atoms with Crippen molar-refractivity contribution in [2.45, 2.75) is 32.9 Å². The lowest BCUT2D eigenvalue weighted by molar-refractivity contribution is -0.123. The number of halogens is 2. The Morgan fingerprint density at radius 3 is 2.22 bits per heavy atom. The molecule has 1 amide bonds. The molecule has 7 heteroatoms. The topological polar surface area (TPSA) is 56.8 Å². The molecule has 0 radical (unpaired) electrons. The summed E-state index contributed by atoms with van der Waals surface area (Å²) in [7, 11) is 0. The third kappa shape index (κ3) is 6.44. The van der Waals surface area contributed by atoms with Crippen LogP contribution in [-0.2, 0) is 4.79 Å². The fraction of sp³-hybridized carbons (Fsp3) is 0.350. The number of nitrogens with one attached hydrogen (secondary N) is 1. The van der Waals surface area contributed by atoms with Crippen LogP contribution in [0.25, 0.3) is 0 Å². The third-order valence-corrected chi connectivity index (χ3v) is 3.76. The zero-order valence-corrected chi connectivity index (χ0v) is 15.3. The largest absolute Gasteiger partial charge is 0.494 e. The average Bonchev–Trinajstić information content (AvgIpc) is 2.66. The van der Waals surface area contributed by atoms with Crippen molar-refractivity contribution in [1.82, 2.24) is 5.32 Å². The Hall–Kier alpha value is -2.83. The van der Waals surface area contributed by atoms with Crippen LogP contribution >= 0.6 is 0 Å². The van der Waals surface area contributed by atoms with Crippen molar-refractivity contribution in [3.8, 4) is 17.2 Å². The number of para-hydroxylation sites is 1. The molecule has 0 fully saturated rings. The normalized spacial score (nSPS) is 11.7. The van der Waals surface area contributed by atoms with Gasteiger partial charge >= 0.3 is 6.61 Å². The molecule has 2 aromatic rings. The summed E-state index contributed by atoms with van der Waals surface area (Å²) in [6, 6.07) is 12.9. The molecule has 1 N–H and O–H groups in total. The van der Waals surface area contributed by atoms with Gasteiger partial charge in [0.15, 0.2) is 6.61 Å². The average molecular weight is 379 g/mol. The van der Waals surface area contributed by atoms with Crippen LogP contribution in [0.4, 0.5) is 8.78 Å². The van der Waals surface area contributed by atoms with E-state index in [1.807, 2.05) is 13.8 Å². The van der Waals surface area contributed by atoms with Gasteiger partial charge in [-0.25, -0.2) is 0 Å². The van der Waals surface area contributed by atoms with E-state index in [0.29, 0.717) is 24.3 Å². The van der Waals surface area contributed by atoms with Crippen LogP contribution in [0.1, 0.15) is 31.9 Å². The molecule has 0 aliphatic rings. The second kappa shape index (κ2) is 10.4. The van der Waals surface area contributed by atoms with Crippen molar-refractivity contribution in [2.75, 3.05) is 13.2 Å². The molecule has 0 saturated heterocycles. The van der Waals surface area contributed by atoms with E-state index in [-0.39, 0.29) is 18.3 Å². The summed E-state index contributed by atoms with van der Waals surface area (Å²) < 4.78 is 40.5. The van der Waals surface area contributed by atoms with E-state index in [0.717, 1.165) is 5.75 Å². The van der Waals surface area contributed by atoms with E-state index < -0.39 is 12.7 Å². The van der Waals surface area contributed by atoms with Crippen LogP contribution < -0.4 is 19.5 Å². The third-order valence-electron chi connectivity index (χ3n) is 3.76. The quantitative estimate of drug-likeness (QED) is 0.667. The summed E-state index contributed by atoms with van der Waals surface area (Å²) in [5, 5.41) is 2.79. The molecular formula is C20H23F2NO4. The fourth-order valence-corrected chi connectivity index (χ4v) is 2.56. The lowest BCUT2D eigenvalue weighted by atomic mass is 10.0.